The maximum absolute atomic E-state index is 4.41. The number of aromatic nitrogens is 3. The van der Waals surface area contributed by atoms with Crippen molar-refractivity contribution in [3.05, 3.63) is 78.4 Å². The van der Waals surface area contributed by atoms with Gasteiger partial charge in [0.15, 0.2) is 0 Å². The van der Waals surface area contributed by atoms with E-state index in [1.54, 1.807) is 11.0 Å². The number of benzene rings is 2. The first-order chi connectivity index (χ1) is 11.2. The van der Waals surface area contributed by atoms with Crippen molar-refractivity contribution in [1.82, 2.24) is 9.78 Å². The Morgan fingerprint density at radius 1 is 1.09 bits per heavy atom. The molecule has 0 bridgehead atoms. The van der Waals surface area contributed by atoms with Crippen molar-refractivity contribution < 1.29 is 4.68 Å². The van der Waals surface area contributed by atoms with Crippen LogP contribution in [0.5, 0.6) is 0 Å². The second-order valence-electron chi connectivity index (χ2n) is 5.54. The second-order valence-corrected chi connectivity index (χ2v) is 5.54. The van der Waals surface area contributed by atoms with Gasteiger partial charge in [0, 0.05) is 24.9 Å². The van der Waals surface area contributed by atoms with E-state index >= 15 is 0 Å². The van der Waals surface area contributed by atoms with Gasteiger partial charge in [-0.05, 0) is 23.3 Å². The van der Waals surface area contributed by atoms with Gasteiger partial charge >= 0.3 is 0 Å². The molecule has 0 saturated carbocycles. The standard InChI is InChI=1S/C18H20N5/c1-21(2)18-10-8-16(9-11-18)12-19-23-14-20-22(15-23)13-17-6-4-3-5-7-17/h3-12,14-15H,13H2,1-2H3/q+1/b19-12+. The number of nitrogens with zero attached hydrogens (tertiary/aromatic N) is 5. The minimum absolute atomic E-state index is 0.737. The highest BCUT2D eigenvalue weighted by atomic mass is 15.5. The molecule has 3 rings (SSSR count). The van der Waals surface area contributed by atoms with Crippen molar-refractivity contribution in [2.24, 2.45) is 5.10 Å². The summed E-state index contributed by atoms with van der Waals surface area (Å²) in [6.07, 6.45) is 5.40. The van der Waals surface area contributed by atoms with Crippen molar-refractivity contribution in [2.45, 2.75) is 6.54 Å². The van der Waals surface area contributed by atoms with E-state index in [-0.39, 0.29) is 0 Å². The summed E-state index contributed by atoms with van der Waals surface area (Å²) in [5.74, 6) is 0. The average molecular weight is 306 g/mol. The van der Waals surface area contributed by atoms with E-state index in [9.17, 15) is 0 Å². The Morgan fingerprint density at radius 3 is 2.52 bits per heavy atom. The van der Waals surface area contributed by atoms with Crippen LogP contribution < -0.4 is 9.58 Å². The van der Waals surface area contributed by atoms with Gasteiger partial charge in [0.05, 0.1) is 6.21 Å². The van der Waals surface area contributed by atoms with Gasteiger partial charge < -0.3 is 4.90 Å². The first-order valence-corrected chi connectivity index (χ1v) is 7.50. The van der Waals surface area contributed by atoms with Gasteiger partial charge in [-0.3, -0.25) is 0 Å². The molecule has 0 amide bonds. The number of rotatable bonds is 5. The highest BCUT2D eigenvalue weighted by Gasteiger charge is 2.05. The third-order valence-corrected chi connectivity index (χ3v) is 3.51. The lowest BCUT2D eigenvalue weighted by atomic mass is 10.2. The molecule has 0 radical (unpaired) electrons. The predicted molar refractivity (Wildman–Crippen MR) is 91.7 cm³/mol. The molecule has 1 aromatic heterocycles. The molecule has 0 spiro atoms. The van der Waals surface area contributed by atoms with E-state index in [4.69, 9.17) is 0 Å². The Morgan fingerprint density at radius 2 is 1.83 bits per heavy atom. The molecule has 0 saturated heterocycles. The summed E-state index contributed by atoms with van der Waals surface area (Å²) in [5, 5.41) is 8.73. The zero-order valence-electron chi connectivity index (χ0n) is 13.4. The summed E-state index contributed by atoms with van der Waals surface area (Å²) in [6.45, 7) is 0.737. The van der Waals surface area contributed by atoms with Crippen LogP contribution in [0.2, 0.25) is 0 Å². The SMILES string of the molecule is CN(C)c1ccc(/C=N/[n+]2cnn(Cc3ccccc3)c2)cc1. The Labute approximate surface area is 136 Å². The molecule has 23 heavy (non-hydrogen) atoms. The van der Waals surface area contributed by atoms with Crippen LogP contribution >= 0.6 is 0 Å². The largest absolute Gasteiger partial charge is 0.378 e. The van der Waals surface area contributed by atoms with Crippen molar-refractivity contribution in [3.8, 4) is 0 Å². The lowest BCUT2D eigenvalue weighted by Crippen LogP contribution is -2.24. The average Bonchev–Trinajstić information content (AvgIpc) is 3.02. The van der Waals surface area contributed by atoms with E-state index in [2.05, 4.69) is 39.4 Å². The van der Waals surface area contributed by atoms with Crippen LogP contribution in [0.15, 0.2) is 72.4 Å². The van der Waals surface area contributed by atoms with Crippen LogP contribution in [0, 0.1) is 0 Å². The highest BCUT2D eigenvalue weighted by molar-refractivity contribution is 5.79. The summed E-state index contributed by atoms with van der Waals surface area (Å²) in [5.41, 5.74) is 3.44. The molecule has 0 N–H and O–H groups in total. The zero-order chi connectivity index (χ0) is 16.1. The number of hydrogen-bond acceptors (Lipinski definition) is 3. The van der Waals surface area contributed by atoms with Gasteiger partial charge in [0.1, 0.15) is 6.54 Å². The van der Waals surface area contributed by atoms with Crippen molar-refractivity contribution in [1.29, 1.82) is 0 Å². The molecule has 0 unspecified atom stereocenters. The molecule has 2 aromatic carbocycles. The number of anilines is 1. The van der Waals surface area contributed by atoms with E-state index < -0.39 is 0 Å². The molecular formula is C18H20N5+. The van der Waals surface area contributed by atoms with E-state index in [0.29, 0.717) is 0 Å². The monoisotopic (exact) mass is 306 g/mol. The Hall–Kier alpha value is -2.95. The van der Waals surface area contributed by atoms with Crippen LogP contribution in [0.1, 0.15) is 11.1 Å². The minimum atomic E-state index is 0.737. The molecule has 5 heteroatoms. The van der Waals surface area contributed by atoms with Crippen molar-refractivity contribution in [2.75, 3.05) is 19.0 Å². The predicted octanol–water partition coefficient (Wildman–Crippen LogP) is 2.17. The van der Waals surface area contributed by atoms with Gasteiger partial charge in [0.25, 0.3) is 6.33 Å². The zero-order valence-corrected chi connectivity index (χ0v) is 13.4. The fourth-order valence-electron chi connectivity index (χ4n) is 2.22. The lowest BCUT2D eigenvalue weighted by molar-refractivity contribution is -0.679. The molecule has 0 aliphatic carbocycles. The van der Waals surface area contributed by atoms with Crippen LogP contribution in [0.4, 0.5) is 5.69 Å². The van der Waals surface area contributed by atoms with Crippen LogP contribution in [-0.4, -0.2) is 30.1 Å². The first-order valence-electron chi connectivity index (χ1n) is 7.50. The summed E-state index contributed by atoms with van der Waals surface area (Å²) in [4.78, 5) is 2.07. The molecule has 0 atom stereocenters. The van der Waals surface area contributed by atoms with Crippen LogP contribution in [0.25, 0.3) is 0 Å². The minimum Gasteiger partial charge on any atom is -0.378 e. The van der Waals surface area contributed by atoms with Gasteiger partial charge in [-0.15, -0.1) is 14.5 Å². The van der Waals surface area contributed by atoms with Crippen molar-refractivity contribution >= 4 is 11.9 Å². The highest BCUT2D eigenvalue weighted by Crippen LogP contribution is 2.10. The molecule has 5 nitrogen and oxygen atoms in total. The molecule has 3 aromatic rings. The fraction of sp³-hybridized carbons (Fsp3) is 0.167. The van der Waals surface area contributed by atoms with E-state index in [1.165, 1.54) is 11.3 Å². The maximum Gasteiger partial charge on any atom is 0.289 e. The molecule has 0 aliphatic rings. The van der Waals surface area contributed by atoms with Gasteiger partial charge in [0.2, 0.25) is 6.33 Å². The summed E-state index contributed by atoms with van der Waals surface area (Å²) in [6, 6.07) is 18.5. The van der Waals surface area contributed by atoms with Crippen LogP contribution in [-0.2, 0) is 6.54 Å². The molecular weight excluding hydrogens is 286 g/mol. The molecule has 116 valence electrons. The fourth-order valence-corrected chi connectivity index (χ4v) is 2.22. The number of hydrogen-bond donors (Lipinski definition) is 0. The third-order valence-electron chi connectivity index (χ3n) is 3.51. The quantitative estimate of drug-likeness (QED) is 0.535. The van der Waals surface area contributed by atoms with Gasteiger partial charge in [-0.25, -0.2) is 0 Å². The maximum atomic E-state index is 4.41. The normalized spacial score (nSPS) is 11.0. The Bertz CT molecular complexity index is 773. The molecule has 1 heterocycles. The first kappa shape index (κ1) is 15.0. The van der Waals surface area contributed by atoms with Crippen molar-refractivity contribution in [3.63, 3.8) is 0 Å². The topological polar surface area (TPSA) is 37.3 Å². The van der Waals surface area contributed by atoms with Gasteiger partial charge in [-0.2, -0.15) is 0 Å². The third kappa shape index (κ3) is 4.03. The molecule has 0 aliphatic heterocycles. The van der Waals surface area contributed by atoms with E-state index in [1.807, 2.05) is 61.7 Å². The van der Waals surface area contributed by atoms with E-state index in [0.717, 1.165) is 12.1 Å². The Kier molecular flexibility index (Phi) is 4.47. The van der Waals surface area contributed by atoms with Gasteiger partial charge in [-0.1, -0.05) is 42.5 Å². The smallest absolute Gasteiger partial charge is 0.289 e. The summed E-state index contributed by atoms with van der Waals surface area (Å²) < 4.78 is 3.57. The summed E-state index contributed by atoms with van der Waals surface area (Å²) >= 11 is 0. The van der Waals surface area contributed by atoms with Crippen LogP contribution in [0.3, 0.4) is 0 Å². The second kappa shape index (κ2) is 6.87. The Balaban J connectivity index is 1.66. The molecule has 0 fully saturated rings. The summed E-state index contributed by atoms with van der Waals surface area (Å²) in [7, 11) is 4.06. The lowest BCUT2D eigenvalue weighted by Gasteiger charge is -2.11.